The first-order chi connectivity index (χ1) is 12.8. The predicted octanol–water partition coefficient (Wildman–Crippen LogP) is 1.41. The number of amides is 1. The molecule has 2 atom stereocenters. The Bertz CT molecular complexity index is 788. The summed E-state index contributed by atoms with van der Waals surface area (Å²) in [4.78, 5) is 15.4. The van der Waals surface area contributed by atoms with Gasteiger partial charge in [-0.2, -0.15) is 0 Å². The normalized spacial score (nSPS) is 23.6. The predicted molar refractivity (Wildman–Crippen MR) is 107 cm³/mol. The van der Waals surface area contributed by atoms with Gasteiger partial charge in [0.15, 0.2) is 0 Å². The van der Waals surface area contributed by atoms with Crippen molar-refractivity contribution in [2.24, 2.45) is 0 Å². The molecule has 2 aliphatic rings. The largest absolute Gasteiger partial charge is 0.371 e. The molecule has 1 aromatic rings. The maximum absolute atomic E-state index is 13.1. The van der Waals surface area contributed by atoms with Crippen LogP contribution < -0.4 is 15.5 Å². The highest BCUT2D eigenvalue weighted by Crippen LogP contribution is 2.28. The van der Waals surface area contributed by atoms with E-state index in [0.29, 0.717) is 5.56 Å². The number of rotatable bonds is 5. The van der Waals surface area contributed by atoms with Gasteiger partial charge >= 0.3 is 0 Å². The maximum Gasteiger partial charge on any atom is 0.253 e. The van der Waals surface area contributed by atoms with E-state index in [1.165, 1.54) is 24.5 Å². The topological polar surface area (TPSA) is 81.7 Å². The van der Waals surface area contributed by atoms with Crippen molar-refractivity contribution in [1.82, 2.24) is 14.9 Å². The minimum atomic E-state index is -3.59. The molecule has 0 radical (unpaired) electrons. The van der Waals surface area contributed by atoms with E-state index in [1.54, 1.807) is 12.1 Å². The van der Waals surface area contributed by atoms with Gasteiger partial charge in [-0.3, -0.25) is 4.79 Å². The molecular weight excluding hydrogens is 364 g/mol. The van der Waals surface area contributed by atoms with Gasteiger partial charge in [0, 0.05) is 45.0 Å². The Hall–Kier alpha value is -1.64. The van der Waals surface area contributed by atoms with Crippen LogP contribution in [0.1, 0.15) is 43.0 Å². The fourth-order valence-electron chi connectivity index (χ4n) is 3.79. The summed E-state index contributed by atoms with van der Waals surface area (Å²) in [6.07, 6.45) is 4.11. The molecule has 2 unspecified atom stereocenters. The van der Waals surface area contributed by atoms with Gasteiger partial charge in [-0.25, -0.2) is 12.7 Å². The summed E-state index contributed by atoms with van der Waals surface area (Å²) in [5, 5.41) is 6.50. The lowest BCUT2D eigenvalue weighted by Crippen LogP contribution is -2.52. The van der Waals surface area contributed by atoms with Crippen molar-refractivity contribution in [2.45, 2.75) is 49.6 Å². The lowest BCUT2D eigenvalue weighted by Gasteiger charge is -2.31. The summed E-state index contributed by atoms with van der Waals surface area (Å²) in [5.74, 6) is -0.201. The molecule has 1 aromatic carbocycles. The molecule has 0 bridgehead atoms. The lowest BCUT2D eigenvalue weighted by molar-refractivity contribution is 0.0920. The Kier molecular flexibility index (Phi) is 6.08. The molecule has 2 fully saturated rings. The molecule has 1 amide bonds. The van der Waals surface area contributed by atoms with E-state index in [1.807, 2.05) is 0 Å². The van der Waals surface area contributed by atoms with Crippen molar-refractivity contribution in [2.75, 3.05) is 38.6 Å². The molecule has 0 spiro atoms. The standard InChI is InChI=1S/C19H30N4O3S/c1-14-17(7-6-10-20-14)21-19(24)16-13-15(27(25,26)22(2)3)8-9-18(16)23-11-4-5-12-23/h8-9,13-14,17,20H,4-7,10-12H2,1-3H3,(H,21,24). The van der Waals surface area contributed by atoms with E-state index in [0.717, 1.165) is 51.0 Å². The number of nitrogens with zero attached hydrogens (tertiary/aromatic N) is 2. The second kappa shape index (κ2) is 8.16. The van der Waals surface area contributed by atoms with Crippen LogP contribution in [0.5, 0.6) is 0 Å². The smallest absolute Gasteiger partial charge is 0.253 e. The highest BCUT2D eigenvalue weighted by Gasteiger charge is 2.27. The van der Waals surface area contributed by atoms with Crippen molar-refractivity contribution in [3.8, 4) is 0 Å². The van der Waals surface area contributed by atoms with Gasteiger partial charge in [-0.1, -0.05) is 0 Å². The number of sulfonamides is 1. The number of anilines is 1. The summed E-state index contributed by atoms with van der Waals surface area (Å²) >= 11 is 0. The Morgan fingerprint density at radius 3 is 2.56 bits per heavy atom. The molecule has 0 saturated carbocycles. The molecule has 27 heavy (non-hydrogen) atoms. The molecular formula is C19H30N4O3S. The number of hydrogen-bond acceptors (Lipinski definition) is 5. The Labute approximate surface area is 162 Å². The fraction of sp³-hybridized carbons (Fsp3) is 0.632. The molecule has 2 N–H and O–H groups in total. The van der Waals surface area contributed by atoms with Gasteiger partial charge in [0.2, 0.25) is 10.0 Å². The van der Waals surface area contributed by atoms with Crippen molar-refractivity contribution in [3.63, 3.8) is 0 Å². The van der Waals surface area contributed by atoms with Gasteiger partial charge in [0.05, 0.1) is 10.5 Å². The lowest BCUT2D eigenvalue weighted by atomic mass is 9.99. The Morgan fingerprint density at radius 2 is 1.93 bits per heavy atom. The molecule has 8 heteroatoms. The van der Waals surface area contributed by atoms with Crippen LogP contribution in [0, 0.1) is 0 Å². The van der Waals surface area contributed by atoms with Crippen LogP contribution in [0.15, 0.2) is 23.1 Å². The van der Waals surface area contributed by atoms with Crippen LogP contribution in [0.2, 0.25) is 0 Å². The number of benzene rings is 1. The van der Waals surface area contributed by atoms with E-state index < -0.39 is 10.0 Å². The number of nitrogens with one attached hydrogen (secondary N) is 2. The van der Waals surface area contributed by atoms with Gasteiger partial charge in [-0.15, -0.1) is 0 Å². The number of carbonyl (C=O) groups excluding carboxylic acids is 1. The Balaban J connectivity index is 1.95. The fourth-order valence-corrected chi connectivity index (χ4v) is 4.72. The van der Waals surface area contributed by atoms with Crippen LogP contribution in [0.4, 0.5) is 5.69 Å². The monoisotopic (exact) mass is 394 g/mol. The van der Waals surface area contributed by atoms with E-state index in [4.69, 9.17) is 0 Å². The zero-order valence-corrected chi connectivity index (χ0v) is 17.2. The summed E-state index contributed by atoms with van der Waals surface area (Å²) in [7, 11) is -0.597. The minimum absolute atomic E-state index is 0.0480. The first kappa shape index (κ1) is 20.1. The van der Waals surface area contributed by atoms with Crippen LogP contribution in [0.3, 0.4) is 0 Å². The summed E-state index contributed by atoms with van der Waals surface area (Å²) in [6, 6.07) is 5.15. The summed E-state index contributed by atoms with van der Waals surface area (Å²) in [5.41, 5.74) is 1.26. The van der Waals surface area contributed by atoms with Crippen LogP contribution in [-0.2, 0) is 10.0 Å². The van der Waals surface area contributed by atoms with Crippen LogP contribution >= 0.6 is 0 Å². The number of carbonyl (C=O) groups is 1. The summed E-state index contributed by atoms with van der Waals surface area (Å²) < 4.78 is 26.3. The minimum Gasteiger partial charge on any atom is -0.371 e. The van der Waals surface area contributed by atoms with Crippen molar-refractivity contribution < 1.29 is 13.2 Å². The third kappa shape index (κ3) is 4.28. The van der Waals surface area contributed by atoms with E-state index >= 15 is 0 Å². The molecule has 7 nitrogen and oxygen atoms in total. The van der Waals surface area contributed by atoms with Gasteiger partial charge in [0.25, 0.3) is 5.91 Å². The van der Waals surface area contributed by atoms with Crippen molar-refractivity contribution in [1.29, 1.82) is 0 Å². The maximum atomic E-state index is 13.1. The zero-order chi connectivity index (χ0) is 19.6. The van der Waals surface area contributed by atoms with Crippen molar-refractivity contribution in [3.05, 3.63) is 23.8 Å². The first-order valence-electron chi connectivity index (χ1n) is 9.66. The van der Waals surface area contributed by atoms with Gasteiger partial charge in [-0.05, 0) is 57.4 Å². The van der Waals surface area contributed by atoms with E-state index in [-0.39, 0.29) is 22.9 Å². The molecule has 150 valence electrons. The Morgan fingerprint density at radius 1 is 1.22 bits per heavy atom. The molecule has 3 rings (SSSR count). The van der Waals surface area contributed by atoms with Crippen LogP contribution in [0.25, 0.3) is 0 Å². The molecule has 2 saturated heterocycles. The quantitative estimate of drug-likeness (QED) is 0.789. The number of piperidine rings is 1. The first-order valence-corrected chi connectivity index (χ1v) is 11.1. The second-order valence-electron chi connectivity index (χ2n) is 7.63. The highest BCUT2D eigenvalue weighted by molar-refractivity contribution is 7.89. The zero-order valence-electron chi connectivity index (χ0n) is 16.4. The van der Waals surface area contributed by atoms with Crippen molar-refractivity contribution >= 4 is 21.6 Å². The third-order valence-corrected chi connectivity index (χ3v) is 7.33. The highest BCUT2D eigenvalue weighted by atomic mass is 32.2. The average Bonchev–Trinajstić information content (AvgIpc) is 3.17. The van der Waals surface area contributed by atoms with E-state index in [2.05, 4.69) is 22.5 Å². The molecule has 2 heterocycles. The molecule has 0 aliphatic carbocycles. The second-order valence-corrected chi connectivity index (χ2v) is 9.78. The number of hydrogen-bond donors (Lipinski definition) is 2. The summed E-state index contributed by atoms with van der Waals surface area (Å²) in [6.45, 7) is 4.81. The van der Waals surface area contributed by atoms with Crippen LogP contribution in [-0.4, -0.2) is 64.4 Å². The van der Waals surface area contributed by atoms with E-state index in [9.17, 15) is 13.2 Å². The van der Waals surface area contributed by atoms with Gasteiger partial charge in [0.1, 0.15) is 0 Å². The SMILES string of the molecule is CC1NCCCC1NC(=O)c1cc(S(=O)(=O)N(C)C)ccc1N1CCCC1. The molecule has 2 aliphatic heterocycles. The van der Waals surface area contributed by atoms with Gasteiger partial charge < -0.3 is 15.5 Å². The molecule has 0 aromatic heterocycles. The third-order valence-electron chi connectivity index (χ3n) is 5.52. The average molecular weight is 395 g/mol.